The lowest BCUT2D eigenvalue weighted by molar-refractivity contribution is -0.148. The number of hydrogen-bond donors (Lipinski definition) is 6. The van der Waals surface area contributed by atoms with Gasteiger partial charge in [0.1, 0.15) is 18.1 Å². The third-order valence-corrected chi connectivity index (χ3v) is 6.24. The van der Waals surface area contributed by atoms with Gasteiger partial charge >= 0.3 is 5.97 Å². The van der Waals surface area contributed by atoms with Gasteiger partial charge in [-0.15, -0.1) is 0 Å². The molecule has 0 aliphatic carbocycles. The van der Waals surface area contributed by atoms with Gasteiger partial charge in [-0.25, -0.2) is 9.78 Å². The highest BCUT2D eigenvalue weighted by Gasteiger charge is 2.34. The number of rotatable bonds is 13. The minimum Gasteiger partial charge on any atom is -0.480 e. The molecule has 0 spiro atoms. The number of imidazole rings is 1. The van der Waals surface area contributed by atoms with Crippen LogP contribution in [-0.4, -0.2) is 86.8 Å². The molecule has 1 saturated heterocycles. The van der Waals surface area contributed by atoms with Gasteiger partial charge < -0.3 is 36.7 Å². The highest BCUT2D eigenvalue weighted by Crippen LogP contribution is 2.17. The van der Waals surface area contributed by atoms with Crippen molar-refractivity contribution >= 4 is 29.6 Å². The zero-order valence-electron chi connectivity index (χ0n) is 21.8. The molecule has 206 valence electrons. The molecule has 4 atom stereocenters. The Bertz CT molecular complexity index is 949. The summed E-state index contributed by atoms with van der Waals surface area (Å²) in [5.74, 6) is -3.36. The normalized spacial score (nSPS) is 17.8. The maximum atomic E-state index is 13.2. The van der Waals surface area contributed by atoms with Crippen LogP contribution in [0.15, 0.2) is 12.5 Å². The minimum absolute atomic E-state index is 0.0248. The monoisotopic (exact) mass is 521 g/mol. The van der Waals surface area contributed by atoms with Gasteiger partial charge in [0.25, 0.3) is 0 Å². The van der Waals surface area contributed by atoms with Gasteiger partial charge in [-0.05, 0) is 31.1 Å². The second-order valence-electron chi connectivity index (χ2n) is 10.1. The van der Waals surface area contributed by atoms with E-state index < -0.39 is 53.8 Å². The molecule has 1 aromatic rings. The lowest BCUT2D eigenvalue weighted by Crippen LogP contribution is -2.57. The van der Waals surface area contributed by atoms with Crippen molar-refractivity contribution in [3.63, 3.8) is 0 Å². The number of nitrogens with two attached hydrogens (primary N) is 1. The van der Waals surface area contributed by atoms with Gasteiger partial charge in [0.15, 0.2) is 0 Å². The van der Waals surface area contributed by atoms with Crippen LogP contribution < -0.4 is 21.7 Å². The van der Waals surface area contributed by atoms with Crippen LogP contribution >= 0.6 is 0 Å². The van der Waals surface area contributed by atoms with Crippen molar-refractivity contribution in [1.82, 2.24) is 30.8 Å². The fourth-order valence-corrected chi connectivity index (χ4v) is 4.08. The molecule has 7 N–H and O–H groups in total. The zero-order chi connectivity index (χ0) is 27.7. The highest BCUT2D eigenvalue weighted by molar-refractivity contribution is 5.94. The lowest BCUT2D eigenvalue weighted by atomic mass is 10.0. The van der Waals surface area contributed by atoms with E-state index in [0.717, 1.165) is 0 Å². The largest absolute Gasteiger partial charge is 0.480 e. The van der Waals surface area contributed by atoms with Crippen molar-refractivity contribution < 1.29 is 29.1 Å². The van der Waals surface area contributed by atoms with Crippen molar-refractivity contribution in [3.05, 3.63) is 18.2 Å². The molecular weight excluding hydrogens is 482 g/mol. The van der Waals surface area contributed by atoms with Crippen LogP contribution in [0.2, 0.25) is 0 Å². The SMILES string of the molecule is CC(C)C[C@H](NC(=O)[C@H](Cc1cnc[nH]1)NC(=O)[C@@H](N)C(C)C)C(=O)NCC(=O)N1CCC[C@H]1C(=O)O. The Morgan fingerprint density at radius 1 is 1.11 bits per heavy atom. The van der Waals surface area contributed by atoms with Crippen LogP contribution in [0, 0.1) is 11.8 Å². The van der Waals surface area contributed by atoms with Crippen molar-refractivity contribution in [3.8, 4) is 0 Å². The molecule has 2 rings (SSSR count). The summed E-state index contributed by atoms with van der Waals surface area (Å²) < 4.78 is 0. The fraction of sp³-hybridized carbons (Fsp3) is 0.667. The van der Waals surface area contributed by atoms with E-state index in [1.807, 2.05) is 13.8 Å². The van der Waals surface area contributed by atoms with Crippen molar-refractivity contribution in [2.75, 3.05) is 13.1 Å². The average molecular weight is 522 g/mol. The number of hydrogen-bond acceptors (Lipinski definition) is 7. The van der Waals surface area contributed by atoms with Crippen LogP contribution in [0.3, 0.4) is 0 Å². The maximum Gasteiger partial charge on any atom is 0.326 e. The fourth-order valence-electron chi connectivity index (χ4n) is 4.08. The number of nitrogens with one attached hydrogen (secondary N) is 4. The van der Waals surface area contributed by atoms with Crippen LogP contribution in [0.25, 0.3) is 0 Å². The van der Waals surface area contributed by atoms with Crippen LogP contribution in [0.4, 0.5) is 0 Å². The van der Waals surface area contributed by atoms with E-state index in [1.165, 1.54) is 17.4 Å². The van der Waals surface area contributed by atoms with Gasteiger partial charge in [0.2, 0.25) is 23.6 Å². The second kappa shape index (κ2) is 13.7. The Hall–Kier alpha value is -3.48. The van der Waals surface area contributed by atoms with E-state index >= 15 is 0 Å². The van der Waals surface area contributed by atoms with Gasteiger partial charge in [-0.3, -0.25) is 19.2 Å². The maximum absolute atomic E-state index is 13.2. The molecule has 2 heterocycles. The molecular formula is C24H39N7O6. The van der Waals surface area contributed by atoms with E-state index in [1.54, 1.807) is 13.8 Å². The first kappa shape index (κ1) is 29.7. The van der Waals surface area contributed by atoms with E-state index in [9.17, 15) is 29.1 Å². The number of aliphatic carboxylic acids is 1. The summed E-state index contributed by atoms with van der Waals surface area (Å²) in [5.41, 5.74) is 6.55. The summed E-state index contributed by atoms with van der Waals surface area (Å²) in [6, 6.07) is -3.73. The summed E-state index contributed by atoms with van der Waals surface area (Å²) in [6.07, 6.45) is 4.30. The summed E-state index contributed by atoms with van der Waals surface area (Å²) in [5, 5.41) is 17.2. The molecule has 1 aromatic heterocycles. The topological polar surface area (TPSA) is 200 Å². The molecule has 13 nitrogen and oxygen atoms in total. The number of nitrogens with zero attached hydrogens (tertiary/aromatic N) is 2. The third kappa shape index (κ3) is 8.85. The predicted octanol–water partition coefficient (Wildman–Crippen LogP) is -0.857. The number of aromatic amines is 1. The van der Waals surface area contributed by atoms with Gasteiger partial charge in [-0.1, -0.05) is 27.7 Å². The smallest absolute Gasteiger partial charge is 0.326 e. The number of aromatic nitrogens is 2. The molecule has 13 heteroatoms. The predicted molar refractivity (Wildman–Crippen MR) is 134 cm³/mol. The van der Waals surface area contributed by atoms with E-state index in [-0.39, 0.29) is 31.2 Å². The molecule has 37 heavy (non-hydrogen) atoms. The van der Waals surface area contributed by atoms with Crippen LogP contribution in [0.1, 0.15) is 52.7 Å². The van der Waals surface area contributed by atoms with Crippen LogP contribution in [-0.2, 0) is 30.4 Å². The Labute approximate surface area is 216 Å². The number of carbonyl (C=O) groups is 5. The first-order valence-corrected chi connectivity index (χ1v) is 12.5. The molecule has 4 amide bonds. The number of carbonyl (C=O) groups excluding carboxylic acids is 4. The molecule has 1 aliphatic rings. The number of amides is 4. The Morgan fingerprint density at radius 3 is 2.35 bits per heavy atom. The van der Waals surface area contributed by atoms with Gasteiger partial charge in [0.05, 0.1) is 18.9 Å². The summed E-state index contributed by atoms with van der Waals surface area (Å²) in [4.78, 5) is 70.8. The third-order valence-electron chi connectivity index (χ3n) is 6.24. The Balaban J connectivity index is 2.09. The Morgan fingerprint density at radius 2 is 1.78 bits per heavy atom. The average Bonchev–Trinajstić information content (AvgIpc) is 3.52. The molecule has 1 aliphatic heterocycles. The highest BCUT2D eigenvalue weighted by atomic mass is 16.4. The first-order valence-electron chi connectivity index (χ1n) is 12.5. The van der Waals surface area contributed by atoms with E-state index in [0.29, 0.717) is 25.1 Å². The quantitative estimate of drug-likeness (QED) is 0.193. The summed E-state index contributed by atoms with van der Waals surface area (Å²) >= 11 is 0. The van der Waals surface area contributed by atoms with Crippen molar-refractivity contribution in [2.45, 2.75) is 77.5 Å². The number of likely N-dealkylation sites (tertiary alicyclic amines) is 1. The summed E-state index contributed by atoms with van der Waals surface area (Å²) in [6.45, 7) is 7.27. The van der Waals surface area contributed by atoms with Gasteiger partial charge in [0, 0.05) is 24.9 Å². The molecule has 0 aromatic carbocycles. The zero-order valence-corrected chi connectivity index (χ0v) is 21.8. The molecule has 0 saturated carbocycles. The standard InChI is InChI=1S/C24H39N7O6/c1-13(2)8-16(21(33)27-11-19(32)31-7-5-6-18(31)24(36)37)29-22(34)17(9-15-10-26-12-28-15)30-23(35)20(25)14(3)4/h10,12-14,16-18,20H,5-9,11,25H2,1-4H3,(H,26,28)(H,27,33)(H,29,34)(H,30,35)(H,36,37)/t16-,17-,18-,20-/m0/s1. The second-order valence-corrected chi connectivity index (χ2v) is 10.1. The van der Waals surface area contributed by atoms with Crippen molar-refractivity contribution in [2.24, 2.45) is 17.6 Å². The van der Waals surface area contributed by atoms with E-state index in [2.05, 4.69) is 25.9 Å². The Kier molecular flexibility index (Phi) is 11.0. The number of carboxylic acid groups (broad SMARTS) is 1. The molecule has 0 unspecified atom stereocenters. The van der Waals surface area contributed by atoms with Crippen molar-refractivity contribution in [1.29, 1.82) is 0 Å². The molecule has 1 fully saturated rings. The molecule has 0 radical (unpaired) electrons. The van der Waals surface area contributed by atoms with Gasteiger partial charge in [-0.2, -0.15) is 0 Å². The number of carboxylic acids is 1. The van der Waals surface area contributed by atoms with Crippen LogP contribution in [0.5, 0.6) is 0 Å². The summed E-state index contributed by atoms with van der Waals surface area (Å²) in [7, 11) is 0. The first-order chi connectivity index (χ1) is 17.4. The minimum atomic E-state index is -1.08. The number of H-pyrrole nitrogens is 1. The lowest BCUT2D eigenvalue weighted by Gasteiger charge is -2.26. The van der Waals surface area contributed by atoms with E-state index in [4.69, 9.17) is 5.73 Å². The molecule has 0 bridgehead atoms.